The van der Waals surface area contributed by atoms with Crippen LogP contribution in [0.2, 0.25) is 0 Å². The first-order chi connectivity index (χ1) is 25.3. The van der Waals surface area contributed by atoms with Crippen molar-refractivity contribution in [2.75, 3.05) is 50.9 Å². The lowest BCUT2D eigenvalue weighted by Gasteiger charge is -2.42. The van der Waals surface area contributed by atoms with Gasteiger partial charge in [-0.05, 0) is 24.3 Å². The fourth-order valence-electron chi connectivity index (χ4n) is 7.41. The first-order valence-electron chi connectivity index (χ1n) is 17.1. The Bertz CT molecular complexity index is 2110. The van der Waals surface area contributed by atoms with Gasteiger partial charge in [-0.1, -0.05) is 0 Å². The summed E-state index contributed by atoms with van der Waals surface area (Å²) >= 11 is 0. The smallest absolute Gasteiger partial charge is 0.320 e. The van der Waals surface area contributed by atoms with Crippen molar-refractivity contribution in [3.05, 3.63) is 60.3 Å². The van der Waals surface area contributed by atoms with Crippen molar-refractivity contribution in [3.8, 4) is 23.2 Å². The predicted molar refractivity (Wildman–Crippen MR) is 178 cm³/mol. The summed E-state index contributed by atoms with van der Waals surface area (Å²) < 4.78 is 39.2. The van der Waals surface area contributed by atoms with Crippen LogP contribution in [-0.2, 0) is 18.9 Å². The molecule has 4 N–H and O–H groups in total. The van der Waals surface area contributed by atoms with Gasteiger partial charge in [-0.25, -0.2) is 24.7 Å². The molecule has 0 radical (unpaired) electrons. The Morgan fingerprint density at radius 3 is 1.52 bits per heavy atom. The van der Waals surface area contributed by atoms with Crippen LogP contribution in [0.25, 0.3) is 34.5 Å². The summed E-state index contributed by atoms with van der Waals surface area (Å²) in [4.78, 5) is 35.5. The molecule has 0 bridgehead atoms. The topological polar surface area (TPSA) is 225 Å². The lowest BCUT2D eigenvalue weighted by atomic mass is 10.0. The van der Waals surface area contributed by atoms with Crippen LogP contribution < -0.4 is 11.5 Å². The Labute approximate surface area is 294 Å². The first kappa shape index (κ1) is 31.1. The van der Waals surface area contributed by atoms with Crippen molar-refractivity contribution in [2.45, 2.75) is 49.5 Å². The lowest BCUT2D eigenvalue weighted by Crippen LogP contribution is -2.55. The number of fused-ring (bicyclic) bond motifs is 2. The molecular formula is C33H34N12O7. The monoisotopic (exact) mass is 710 g/mol. The Morgan fingerprint density at radius 2 is 1.12 bits per heavy atom. The second-order valence-electron chi connectivity index (χ2n) is 13.4. The molecule has 2 spiro atoms. The van der Waals surface area contributed by atoms with Crippen LogP contribution in [0, 0.1) is 0 Å². The highest BCUT2D eigenvalue weighted by Gasteiger charge is 2.48. The lowest BCUT2D eigenvalue weighted by molar-refractivity contribution is -0.197. The molecule has 0 aromatic carbocycles. The van der Waals surface area contributed by atoms with E-state index in [1.165, 1.54) is 9.03 Å². The van der Waals surface area contributed by atoms with Gasteiger partial charge >= 0.3 is 6.03 Å². The van der Waals surface area contributed by atoms with Gasteiger partial charge < -0.3 is 49.0 Å². The van der Waals surface area contributed by atoms with E-state index < -0.39 is 23.8 Å². The van der Waals surface area contributed by atoms with Crippen LogP contribution >= 0.6 is 0 Å². The third-order valence-corrected chi connectivity index (χ3v) is 10.2. The number of amides is 2. The zero-order valence-electron chi connectivity index (χ0n) is 27.8. The van der Waals surface area contributed by atoms with E-state index in [1.807, 2.05) is 9.80 Å². The van der Waals surface area contributed by atoms with Crippen LogP contribution in [0.15, 0.2) is 57.8 Å². The SMILES string of the molecule is Nc1nc(C2COC3(CCN(C(=O)N4CCC5(CC4)OCC(c4cc6nc(-c7ccco7)nn6c(N)n4)O5)CC3)O2)cc2nc(-c3ccco3)nn12. The van der Waals surface area contributed by atoms with Crippen LogP contribution in [0.4, 0.5) is 16.7 Å². The maximum absolute atomic E-state index is 13.6. The third-order valence-electron chi connectivity index (χ3n) is 10.2. The van der Waals surface area contributed by atoms with Gasteiger partial charge in [-0.15, -0.1) is 10.2 Å². The summed E-state index contributed by atoms with van der Waals surface area (Å²) in [5.74, 6) is 0.642. The molecule has 10 heterocycles. The molecule has 0 saturated carbocycles. The molecule has 0 aliphatic carbocycles. The highest BCUT2D eigenvalue weighted by molar-refractivity contribution is 5.74. The minimum atomic E-state index is -0.809. The number of urea groups is 1. The third kappa shape index (κ3) is 5.23. The molecule has 2 unspecified atom stereocenters. The summed E-state index contributed by atoms with van der Waals surface area (Å²) in [5.41, 5.74) is 14.7. The van der Waals surface area contributed by atoms with Crippen LogP contribution in [0.5, 0.6) is 0 Å². The quantitative estimate of drug-likeness (QED) is 0.268. The molecule has 4 aliphatic rings. The van der Waals surface area contributed by atoms with Crippen LogP contribution in [0.1, 0.15) is 49.3 Å². The second kappa shape index (κ2) is 11.7. The Balaban J connectivity index is 0.744. The van der Waals surface area contributed by atoms with Crippen molar-refractivity contribution in [1.29, 1.82) is 0 Å². The molecule has 10 rings (SSSR count). The minimum Gasteiger partial charge on any atom is -0.461 e. The fourth-order valence-corrected chi connectivity index (χ4v) is 7.41. The molecule has 19 heteroatoms. The molecule has 4 aliphatic heterocycles. The highest BCUT2D eigenvalue weighted by Crippen LogP contribution is 2.42. The molecular weight excluding hydrogens is 676 g/mol. The van der Waals surface area contributed by atoms with Crippen molar-refractivity contribution >= 4 is 29.2 Å². The van der Waals surface area contributed by atoms with E-state index in [0.29, 0.717) is 111 Å². The number of ether oxygens (including phenoxy) is 4. The number of carbonyl (C=O) groups is 1. The summed E-state index contributed by atoms with van der Waals surface area (Å²) in [6.45, 7) is 2.60. The highest BCUT2D eigenvalue weighted by atomic mass is 16.8. The van der Waals surface area contributed by atoms with E-state index in [2.05, 4.69) is 30.1 Å². The predicted octanol–water partition coefficient (Wildman–Crippen LogP) is 2.83. The summed E-state index contributed by atoms with van der Waals surface area (Å²) in [7, 11) is 0. The van der Waals surface area contributed by atoms with Crippen molar-refractivity contribution in [3.63, 3.8) is 0 Å². The molecule has 6 aromatic heterocycles. The van der Waals surface area contributed by atoms with E-state index in [1.54, 1.807) is 48.9 Å². The number of anilines is 2. The number of nitrogen functional groups attached to an aromatic ring is 2. The second-order valence-corrected chi connectivity index (χ2v) is 13.4. The molecule has 268 valence electrons. The average molecular weight is 711 g/mol. The normalized spacial score (nSPS) is 22.8. The van der Waals surface area contributed by atoms with Gasteiger partial charge in [-0.3, -0.25) is 0 Å². The number of nitrogens with two attached hydrogens (primary N) is 2. The van der Waals surface area contributed by atoms with Gasteiger partial charge in [0.1, 0.15) is 12.2 Å². The maximum Gasteiger partial charge on any atom is 0.320 e. The van der Waals surface area contributed by atoms with Crippen LogP contribution in [-0.4, -0.2) is 106 Å². The van der Waals surface area contributed by atoms with E-state index in [4.69, 9.17) is 39.2 Å². The van der Waals surface area contributed by atoms with E-state index in [9.17, 15) is 4.79 Å². The molecule has 2 atom stereocenters. The Morgan fingerprint density at radius 1 is 0.673 bits per heavy atom. The number of hydrogen-bond acceptors (Lipinski definition) is 15. The number of hydrogen-bond donors (Lipinski definition) is 2. The van der Waals surface area contributed by atoms with Gasteiger partial charge in [0.05, 0.1) is 37.1 Å². The average Bonchev–Trinajstić information content (AvgIpc) is 4.00. The standard InChI is InChI=1S/C33H34N12O7/c34-29-36-19(15-25-38-27(40-44(25)29)21-3-1-13-47-21)23-17-49-32(51-23)5-9-42(10-6-32)31(46)43-11-7-33(8-12-43)50-18-24(52-33)20-16-26-39-28(22-4-2-14-48-22)41-45(26)30(35)37-20/h1-4,13-16,23-24H,5-12,17-18H2,(H2,34,36)(H2,35,37). The summed E-state index contributed by atoms with van der Waals surface area (Å²) in [6.07, 6.45) is 4.37. The fraction of sp³-hybridized carbons (Fsp3) is 0.424. The molecule has 4 fully saturated rings. The Kier molecular flexibility index (Phi) is 7.01. The minimum absolute atomic E-state index is 0.0214. The summed E-state index contributed by atoms with van der Waals surface area (Å²) in [6, 6.07) is 10.7. The molecule has 2 amide bonds. The van der Waals surface area contributed by atoms with Gasteiger partial charge in [0.15, 0.2) is 34.4 Å². The maximum atomic E-state index is 13.6. The number of nitrogens with zero attached hydrogens (tertiary/aromatic N) is 10. The molecule has 19 nitrogen and oxygen atoms in total. The number of likely N-dealkylation sites (tertiary alicyclic amines) is 2. The number of rotatable bonds is 4. The number of carbonyl (C=O) groups excluding carboxylic acids is 1. The number of piperidine rings is 2. The van der Waals surface area contributed by atoms with E-state index in [-0.39, 0.29) is 17.9 Å². The Hall–Kier alpha value is -5.63. The zero-order chi connectivity index (χ0) is 35.0. The molecule has 4 saturated heterocycles. The summed E-state index contributed by atoms with van der Waals surface area (Å²) in [5, 5.41) is 8.82. The van der Waals surface area contributed by atoms with E-state index >= 15 is 0 Å². The molecule has 6 aromatic rings. The number of aromatic nitrogens is 8. The van der Waals surface area contributed by atoms with Crippen molar-refractivity contribution in [1.82, 2.24) is 49.0 Å². The first-order valence-corrected chi connectivity index (χ1v) is 17.1. The number of furan rings is 2. The van der Waals surface area contributed by atoms with Gasteiger partial charge in [0, 0.05) is 64.0 Å². The van der Waals surface area contributed by atoms with Crippen molar-refractivity contribution in [2.24, 2.45) is 0 Å². The van der Waals surface area contributed by atoms with Crippen molar-refractivity contribution < 1.29 is 32.6 Å². The van der Waals surface area contributed by atoms with Gasteiger partial charge in [0.2, 0.25) is 23.5 Å². The zero-order valence-corrected chi connectivity index (χ0v) is 27.8. The van der Waals surface area contributed by atoms with E-state index in [0.717, 1.165) is 0 Å². The van der Waals surface area contributed by atoms with Gasteiger partial charge in [-0.2, -0.15) is 9.03 Å². The molecule has 52 heavy (non-hydrogen) atoms. The largest absolute Gasteiger partial charge is 0.461 e. The van der Waals surface area contributed by atoms with Gasteiger partial charge in [0.25, 0.3) is 0 Å². The van der Waals surface area contributed by atoms with Crippen LogP contribution in [0.3, 0.4) is 0 Å².